The molecular weight excluding hydrogens is 280 g/mol. The third-order valence-corrected chi connectivity index (χ3v) is 4.33. The van der Waals surface area contributed by atoms with Crippen molar-refractivity contribution >= 4 is 11.8 Å². The molecule has 0 saturated carbocycles. The Bertz CT molecular complexity index is 676. The zero-order valence-electron chi connectivity index (χ0n) is 12.7. The summed E-state index contributed by atoms with van der Waals surface area (Å²) in [6, 6.07) is 3.82. The summed E-state index contributed by atoms with van der Waals surface area (Å²) in [6.07, 6.45) is 6.93. The molecule has 22 heavy (non-hydrogen) atoms. The third-order valence-electron chi connectivity index (χ3n) is 4.33. The van der Waals surface area contributed by atoms with E-state index in [1.54, 1.807) is 12.4 Å². The van der Waals surface area contributed by atoms with Gasteiger partial charge in [-0.3, -0.25) is 4.79 Å². The fourth-order valence-corrected chi connectivity index (χ4v) is 3.36. The molecule has 0 radical (unpaired) electrons. The zero-order chi connectivity index (χ0) is 15.7. The number of Topliss-reactive ketones (excluding diaryl/α,β-unsaturated/α-hetero) is 1. The third kappa shape index (κ3) is 2.32. The Hall–Kier alpha value is -2.43. The number of hydrogen-bond acceptors (Lipinski definition) is 4. The molecule has 0 amide bonds. The van der Waals surface area contributed by atoms with Crippen LogP contribution in [0.2, 0.25) is 0 Å². The normalized spacial score (nSPS) is 24.3. The average Bonchev–Trinajstić information content (AvgIpc) is 2.54. The quantitative estimate of drug-likeness (QED) is 0.840. The van der Waals surface area contributed by atoms with Crippen molar-refractivity contribution in [1.29, 1.82) is 0 Å². The number of carbonyl (C=O) groups is 2. The molecule has 0 spiro atoms. The largest absolute Gasteiger partial charge is 0.466 e. The van der Waals surface area contributed by atoms with Crippen molar-refractivity contribution in [1.82, 2.24) is 5.32 Å². The molecule has 1 aromatic heterocycles. The second kappa shape index (κ2) is 5.75. The van der Waals surface area contributed by atoms with Crippen molar-refractivity contribution < 1.29 is 19.3 Å². The van der Waals surface area contributed by atoms with Crippen LogP contribution in [0.3, 0.4) is 0 Å². The minimum Gasteiger partial charge on any atom is -0.466 e. The van der Waals surface area contributed by atoms with E-state index in [0.29, 0.717) is 12.0 Å². The lowest BCUT2D eigenvalue weighted by atomic mass is 9.71. The predicted octanol–water partition coefficient (Wildman–Crippen LogP) is 1.50. The summed E-state index contributed by atoms with van der Waals surface area (Å²) in [4.78, 5) is 27.8. The van der Waals surface area contributed by atoms with E-state index in [2.05, 4.69) is 16.4 Å². The van der Waals surface area contributed by atoms with Crippen LogP contribution in [0.4, 0.5) is 0 Å². The van der Waals surface area contributed by atoms with Crippen molar-refractivity contribution in [2.45, 2.75) is 25.7 Å². The summed E-state index contributed by atoms with van der Waals surface area (Å²) in [6.45, 7) is 1.85. The number of carbonyl (C=O) groups excluding carboxylic acids is 2. The number of ether oxygens (including phenoxy) is 1. The van der Waals surface area contributed by atoms with Gasteiger partial charge >= 0.3 is 5.97 Å². The first-order valence-electron chi connectivity index (χ1n) is 7.38. The van der Waals surface area contributed by atoms with Crippen LogP contribution in [-0.4, -0.2) is 18.9 Å². The van der Waals surface area contributed by atoms with E-state index in [-0.39, 0.29) is 23.6 Å². The standard InChI is InChI=1S/C17H18N2O3/c1-10-14(17(21)22-2)15(11-6-8-18-9-7-11)16-12(19-10)4-3-5-13(16)20/h4,6-9,15-16,19H,3,5H2,1-2H3/p+1. The van der Waals surface area contributed by atoms with E-state index in [4.69, 9.17) is 4.74 Å². The van der Waals surface area contributed by atoms with E-state index in [1.165, 1.54) is 7.11 Å². The van der Waals surface area contributed by atoms with Gasteiger partial charge in [-0.1, -0.05) is 6.08 Å². The van der Waals surface area contributed by atoms with Crippen LogP contribution in [0.15, 0.2) is 47.6 Å². The Morgan fingerprint density at radius 3 is 2.73 bits per heavy atom. The fourth-order valence-electron chi connectivity index (χ4n) is 3.36. The number of aromatic nitrogens is 1. The number of pyridine rings is 1. The topological polar surface area (TPSA) is 69.5 Å². The number of hydrogen-bond donors (Lipinski definition) is 1. The van der Waals surface area contributed by atoms with Gasteiger partial charge in [0.15, 0.2) is 12.4 Å². The van der Waals surface area contributed by atoms with Gasteiger partial charge in [0.25, 0.3) is 0 Å². The number of H-pyrrole nitrogens is 1. The molecule has 2 unspecified atom stereocenters. The number of allylic oxidation sites excluding steroid dienone is 3. The summed E-state index contributed by atoms with van der Waals surface area (Å²) in [7, 11) is 1.37. The van der Waals surface area contributed by atoms with Gasteiger partial charge in [-0.25, -0.2) is 9.78 Å². The molecule has 2 atom stereocenters. The summed E-state index contributed by atoms with van der Waals surface area (Å²) in [5, 5.41) is 3.22. The smallest absolute Gasteiger partial charge is 0.336 e. The second-order valence-corrected chi connectivity index (χ2v) is 5.61. The number of methoxy groups -OCH3 is 1. The molecule has 2 aliphatic rings. The van der Waals surface area contributed by atoms with Crippen molar-refractivity contribution in [3.05, 3.63) is 53.1 Å². The lowest BCUT2D eigenvalue weighted by Gasteiger charge is -2.37. The molecule has 3 rings (SSSR count). The minimum absolute atomic E-state index is 0.164. The van der Waals surface area contributed by atoms with Crippen molar-refractivity contribution in [2.24, 2.45) is 5.92 Å². The maximum atomic E-state index is 12.5. The van der Waals surface area contributed by atoms with Gasteiger partial charge in [0.2, 0.25) is 0 Å². The van der Waals surface area contributed by atoms with Crippen LogP contribution in [0.25, 0.3) is 0 Å². The highest BCUT2D eigenvalue weighted by Crippen LogP contribution is 2.43. The molecular formula is C17H19N2O3+. The van der Waals surface area contributed by atoms with E-state index in [9.17, 15) is 9.59 Å². The molecule has 1 aliphatic carbocycles. The van der Waals surface area contributed by atoms with Crippen molar-refractivity contribution in [2.75, 3.05) is 7.11 Å². The first-order valence-corrected chi connectivity index (χ1v) is 7.38. The number of fused-ring (bicyclic) bond motifs is 1. The van der Waals surface area contributed by atoms with Crippen LogP contribution in [0.5, 0.6) is 0 Å². The fraction of sp³-hybridized carbons (Fsp3) is 0.353. The molecule has 5 heteroatoms. The summed E-state index contributed by atoms with van der Waals surface area (Å²) >= 11 is 0. The van der Waals surface area contributed by atoms with E-state index in [0.717, 1.165) is 23.4 Å². The Labute approximate surface area is 129 Å². The van der Waals surface area contributed by atoms with Gasteiger partial charge in [0, 0.05) is 35.9 Å². The molecule has 2 N–H and O–H groups in total. The molecule has 0 bridgehead atoms. The highest BCUT2D eigenvalue weighted by molar-refractivity contribution is 5.95. The van der Waals surface area contributed by atoms with Gasteiger partial charge in [0.1, 0.15) is 5.78 Å². The van der Waals surface area contributed by atoms with Crippen LogP contribution in [0, 0.1) is 5.92 Å². The van der Waals surface area contributed by atoms with Gasteiger partial charge in [-0.05, 0) is 18.9 Å². The van der Waals surface area contributed by atoms with Crippen LogP contribution < -0.4 is 10.3 Å². The van der Waals surface area contributed by atoms with Crippen LogP contribution >= 0.6 is 0 Å². The minimum atomic E-state index is -0.389. The first-order chi connectivity index (χ1) is 10.6. The SMILES string of the molecule is COC(=O)C1=C(C)NC2=CCCC(=O)C2C1c1cc[nH+]cc1. The molecule has 0 aromatic carbocycles. The Morgan fingerprint density at radius 2 is 2.05 bits per heavy atom. The molecule has 0 saturated heterocycles. The lowest BCUT2D eigenvalue weighted by Crippen LogP contribution is -2.40. The van der Waals surface area contributed by atoms with Crippen LogP contribution in [0.1, 0.15) is 31.2 Å². The van der Waals surface area contributed by atoms with Crippen molar-refractivity contribution in [3.63, 3.8) is 0 Å². The predicted molar refractivity (Wildman–Crippen MR) is 79.4 cm³/mol. The summed E-state index contributed by atoms with van der Waals surface area (Å²) in [5.41, 5.74) is 3.12. The molecule has 1 aromatic rings. The number of aromatic amines is 1. The number of ketones is 1. The zero-order valence-corrected chi connectivity index (χ0v) is 12.7. The van der Waals surface area contributed by atoms with Gasteiger partial charge in [-0.15, -0.1) is 0 Å². The maximum absolute atomic E-state index is 12.5. The maximum Gasteiger partial charge on any atom is 0.336 e. The van der Waals surface area contributed by atoms with Crippen LogP contribution in [-0.2, 0) is 14.3 Å². The molecule has 0 fully saturated rings. The van der Waals surface area contributed by atoms with Gasteiger partial charge in [0.05, 0.1) is 18.6 Å². The average molecular weight is 299 g/mol. The van der Waals surface area contributed by atoms with E-state index < -0.39 is 0 Å². The van der Waals surface area contributed by atoms with Gasteiger partial charge < -0.3 is 10.1 Å². The molecule has 2 heterocycles. The second-order valence-electron chi connectivity index (χ2n) is 5.61. The monoisotopic (exact) mass is 299 g/mol. The first kappa shape index (κ1) is 14.5. The van der Waals surface area contributed by atoms with E-state index in [1.807, 2.05) is 19.1 Å². The highest BCUT2D eigenvalue weighted by Gasteiger charge is 2.43. The summed E-state index contributed by atoms with van der Waals surface area (Å²) in [5.74, 6) is -0.867. The van der Waals surface area contributed by atoms with E-state index >= 15 is 0 Å². The molecule has 5 nitrogen and oxygen atoms in total. The van der Waals surface area contributed by atoms with Crippen molar-refractivity contribution in [3.8, 4) is 0 Å². The van der Waals surface area contributed by atoms with Gasteiger partial charge in [-0.2, -0.15) is 0 Å². The Kier molecular flexibility index (Phi) is 3.79. The molecule has 1 aliphatic heterocycles. The Balaban J connectivity index is 2.18. The lowest BCUT2D eigenvalue weighted by molar-refractivity contribution is -0.378. The number of rotatable bonds is 2. The number of nitrogens with one attached hydrogen (secondary N) is 2. The molecule has 114 valence electrons. The number of esters is 1. The Morgan fingerprint density at radius 1 is 1.32 bits per heavy atom. The summed E-state index contributed by atoms with van der Waals surface area (Å²) < 4.78 is 4.95. The highest BCUT2D eigenvalue weighted by atomic mass is 16.5.